The lowest BCUT2D eigenvalue weighted by Gasteiger charge is -2.32. The zero-order chi connectivity index (χ0) is 12.3. The molecule has 1 saturated carbocycles. The normalized spacial score (nSPS) is 24.8. The second-order valence-corrected chi connectivity index (χ2v) is 6.98. The van der Waals surface area contributed by atoms with Gasteiger partial charge >= 0.3 is 0 Å². The molecule has 0 aromatic carbocycles. The molecule has 1 aliphatic heterocycles. The van der Waals surface area contributed by atoms with Crippen LogP contribution in [0.1, 0.15) is 32.1 Å². The fourth-order valence-electron chi connectivity index (χ4n) is 2.40. The highest BCUT2D eigenvalue weighted by atomic mass is 32.2. The van der Waals surface area contributed by atoms with E-state index in [9.17, 15) is 8.42 Å². The number of rotatable bonds is 5. The van der Waals surface area contributed by atoms with Gasteiger partial charge in [0.15, 0.2) is 0 Å². The summed E-state index contributed by atoms with van der Waals surface area (Å²) in [5.41, 5.74) is 5.60. The van der Waals surface area contributed by atoms with Crippen molar-refractivity contribution in [1.29, 1.82) is 0 Å². The molecule has 2 rings (SSSR count). The highest BCUT2D eigenvalue weighted by molar-refractivity contribution is 7.87. The van der Waals surface area contributed by atoms with Gasteiger partial charge in [-0.15, -0.1) is 0 Å². The number of piperidine rings is 1. The minimum atomic E-state index is -3.24. The molecule has 0 atom stereocenters. The van der Waals surface area contributed by atoms with Crippen molar-refractivity contribution >= 4 is 10.2 Å². The van der Waals surface area contributed by atoms with Gasteiger partial charge in [0.2, 0.25) is 0 Å². The number of nitrogens with one attached hydrogen (secondary N) is 1. The lowest BCUT2D eigenvalue weighted by atomic mass is 9.86. The van der Waals surface area contributed by atoms with Crippen LogP contribution in [0.15, 0.2) is 0 Å². The van der Waals surface area contributed by atoms with Crippen molar-refractivity contribution in [3.63, 3.8) is 0 Å². The summed E-state index contributed by atoms with van der Waals surface area (Å²) in [7, 11) is -3.24. The first kappa shape index (κ1) is 13.3. The Balaban J connectivity index is 1.79. The van der Waals surface area contributed by atoms with Gasteiger partial charge in [-0.2, -0.15) is 12.7 Å². The van der Waals surface area contributed by atoms with Crippen LogP contribution < -0.4 is 10.5 Å². The van der Waals surface area contributed by atoms with Gasteiger partial charge in [-0.3, -0.25) is 0 Å². The van der Waals surface area contributed by atoms with Gasteiger partial charge in [0, 0.05) is 19.6 Å². The molecular weight excluding hydrogens is 238 g/mol. The minimum absolute atomic E-state index is 0.494. The summed E-state index contributed by atoms with van der Waals surface area (Å²) in [6.45, 7) is 2.51. The molecule has 0 unspecified atom stereocenters. The Hall–Kier alpha value is -0.170. The van der Waals surface area contributed by atoms with Crippen LogP contribution in [0.25, 0.3) is 0 Å². The summed E-state index contributed by atoms with van der Waals surface area (Å²) in [5.74, 6) is 1.06. The number of hydrogen-bond acceptors (Lipinski definition) is 3. The SMILES string of the molecule is NCC1CCN(S(=O)(=O)NCC2CCC2)CC1. The van der Waals surface area contributed by atoms with Crippen LogP contribution in [-0.4, -0.2) is 38.9 Å². The number of nitrogens with two attached hydrogens (primary N) is 1. The summed E-state index contributed by atoms with van der Waals surface area (Å²) >= 11 is 0. The van der Waals surface area contributed by atoms with Crippen molar-refractivity contribution < 1.29 is 8.42 Å². The summed E-state index contributed by atoms with van der Waals surface area (Å²) in [4.78, 5) is 0. The summed E-state index contributed by atoms with van der Waals surface area (Å²) in [5, 5.41) is 0. The van der Waals surface area contributed by atoms with Crippen molar-refractivity contribution in [2.24, 2.45) is 17.6 Å². The predicted octanol–water partition coefficient (Wildman–Crippen LogP) is 0.292. The molecule has 17 heavy (non-hydrogen) atoms. The van der Waals surface area contributed by atoms with Crippen LogP contribution in [0.5, 0.6) is 0 Å². The summed E-state index contributed by atoms with van der Waals surface area (Å²) in [6, 6.07) is 0. The van der Waals surface area contributed by atoms with Gasteiger partial charge in [-0.1, -0.05) is 6.42 Å². The monoisotopic (exact) mass is 261 g/mol. The van der Waals surface area contributed by atoms with E-state index < -0.39 is 10.2 Å². The minimum Gasteiger partial charge on any atom is -0.330 e. The lowest BCUT2D eigenvalue weighted by molar-refractivity contribution is 0.270. The average molecular weight is 261 g/mol. The second kappa shape index (κ2) is 5.65. The van der Waals surface area contributed by atoms with E-state index >= 15 is 0 Å². The Morgan fingerprint density at radius 1 is 1.12 bits per heavy atom. The molecule has 0 amide bonds. The molecule has 1 aliphatic carbocycles. The quantitative estimate of drug-likeness (QED) is 0.747. The second-order valence-electron chi connectivity index (χ2n) is 5.23. The molecule has 100 valence electrons. The van der Waals surface area contributed by atoms with Crippen molar-refractivity contribution in [3.8, 4) is 0 Å². The molecule has 1 saturated heterocycles. The highest BCUT2D eigenvalue weighted by Gasteiger charge is 2.28. The van der Waals surface area contributed by atoms with Gasteiger partial charge in [-0.25, -0.2) is 4.72 Å². The smallest absolute Gasteiger partial charge is 0.279 e. The van der Waals surface area contributed by atoms with Crippen LogP contribution in [0.2, 0.25) is 0 Å². The largest absolute Gasteiger partial charge is 0.330 e. The van der Waals surface area contributed by atoms with Crippen LogP contribution in [0.3, 0.4) is 0 Å². The first-order valence-electron chi connectivity index (χ1n) is 6.56. The zero-order valence-corrected chi connectivity index (χ0v) is 11.1. The Morgan fingerprint density at radius 3 is 2.24 bits per heavy atom. The van der Waals surface area contributed by atoms with Crippen LogP contribution in [0, 0.1) is 11.8 Å². The van der Waals surface area contributed by atoms with E-state index in [1.54, 1.807) is 4.31 Å². The van der Waals surface area contributed by atoms with E-state index in [-0.39, 0.29) is 0 Å². The lowest BCUT2D eigenvalue weighted by Crippen LogP contribution is -2.47. The van der Waals surface area contributed by atoms with Crippen molar-refractivity contribution in [3.05, 3.63) is 0 Å². The van der Waals surface area contributed by atoms with Gasteiger partial charge in [0.05, 0.1) is 0 Å². The number of nitrogens with zero attached hydrogens (tertiary/aromatic N) is 1. The maximum Gasteiger partial charge on any atom is 0.279 e. The van der Waals surface area contributed by atoms with E-state index in [2.05, 4.69) is 4.72 Å². The summed E-state index contributed by atoms with van der Waals surface area (Å²) < 4.78 is 28.3. The first-order chi connectivity index (χ1) is 8.12. The van der Waals surface area contributed by atoms with E-state index in [0.717, 1.165) is 25.7 Å². The Morgan fingerprint density at radius 2 is 1.76 bits per heavy atom. The highest BCUT2D eigenvalue weighted by Crippen LogP contribution is 2.25. The van der Waals surface area contributed by atoms with Crippen LogP contribution in [-0.2, 0) is 10.2 Å². The third-order valence-electron chi connectivity index (χ3n) is 4.03. The fourth-order valence-corrected chi connectivity index (χ4v) is 3.72. The molecule has 6 heteroatoms. The fraction of sp³-hybridized carbons (Fsp3) is 1.00. The van der Waals surface area contributed by atoms with E-state index in [1.807, 2.05) is 0 Å². The van der Waals surface area contributed by atoms with Gasteiger partial charge in [-0.05, 0) is 44.1 Å². The molecule has 3 N–H and O–H groups in total. The van der Waals surface area contributed by atoms with Crippen LogP contribution >= 0.6 is 0 Å². The molecule has 0 spiro atoms. The van der Waals surface area contributed by atoms with Crippen molar-refractivity contribution in [2.45, 2.75) is 32.1 Å². The molecule has 1 heterocycles. The third kappa shape index (κ3) is 3.40. The van der Waals surface area contributed by atoms with Gasteiger partial charge in [0.25, 0.3) is 10.2 Å². The molecule has 5 nitrogen and oxygen atoms in total. The van der Waals surface area contributed by atoms with Gasteiger partial charge in [0.1, 0.15) is 0 Å². The molecule has 0 radical (unpaired) electrons. The van der Waals surface area contributed by atoms with E-state index in [4.69, 9.17) is 5.73 Å². The maximum atomic E-state index is 12.0. The maximum absolute atomic E-state index is 12.0. The number of hydrogen-bond donors (Lipinski definition) is 2. The zero-order valence-electron chi connectivity index (χ0n) is 10.3. The molecule has 0 bridgehead atoms. The Labute approximate surface area is 104 Å². The standard InChI is InChI=1S/C11H23N3O2S/c12-8-10-4-6-14(7-5-10)17(15,16)13-9-11-2-1-3-11/h10-11,13H,1-9,12H2. The van der Waals surface area contributed by atoms with Gasteiger partial charge < -0.3 is 5.73 Å². The summed E-state index contributed by atoms with van der Waals surface area (Å²) in [6.07, 6.45) is 5.35. The average Bonchev–Trinajstić information content (AvgIpc) is 2.27. The predicted molar refractivity (Wildman–Crippen MR) is 67.6 cm³/mol. The third-order valence-corrected chi connectivity index (χ3v) is 5.60. The molecule has 2 fully saturated rings. The Kier molecular flexibility index (Phi) is 4.41. The van der Waals surface area contributed by atoms with Crippen molar-refractivity contribution in [1.82, 2.24) is 9.03 Å². The van der Waals surface area contributed by atoms with Crippen LogP contribution in [0.4, 0.5) is 0 Å². The van der Waals surface area contributed by atoms with Crippen molar-refractivity contribution in [2.75, 3.05) is 26.2 Å². The van der Waals surface area contributed by atoms with E-state index in [1.165, 1.54) is 6.42 Å². The molecule has 0 aromatic heterocycles. The Bertz CT molecular complexity index is 333. The first-order valence-corrected chi connectivity index (χ1v) is 8.00. The molecular formula is C11H23N3O2S. The van der Waals surface area contributed by atoms with E-state index in [0.29, 0.717) is 38.0 Å². The topological polar surface area (TPSA) is 75.4 Å². The molecule has 0 aromatic rings. The molecule has 2 aliphatic rings.